The Morgan fingerprint density at radius 2 is 1.79 bits per heavy atom. The molecule has 1 saturated carbocycles. The zero-order chi connectivity index (χ0) is 22.7. The van der Waals surface area contributed by atoms with Gasteiger partial charge in [0.2, 0.25) is 0 Å². The number of hydrogen-bond donors (Lipinski definition) is 1. The van der Waals surface area contributed by atoms with Gasteiger partial charge in [0.15, 0.2) is 0 Å². The molecule has 0 atom stereocenters. The molecule has 1 fully saturated rings. The van der Waals surface area contributed by atoms with Crippen molar-refractivity contribution in [2.24, 2.45) is 0 Å². The fourth-order valence-corrected chi connectivity index (χ4v) is 5.22. The van der Waals surface area contributed by atoms with Crippen molar-refractivity contribution < 1.29 is 9.13 Å². The molecule has 2 nitrogen and oxygen atoms in total. The van der Waals surface area contributed by atoms with Gasteiger partial charge in [-0.15, -0.1) is 6.58 Å². The van der Waals surface area contributed by atoms with Gasteiger partial charge in [0.1, 0.15) is 17.8 Å². The van der Waals surface area contributed by atoms with Gasteiger partial charge in [-0.05, 0) is 72.4 Å². The molecule has 33 heavy (non-hydrogen) atoms. The Bertz CT molecular complexity index is 1220. The third-order valence-electron chi connectivity index (χ3n) is 6.80. The second kappa shape index (κ2) is 9.11. The molecule has 1 aliphatic carbocycles. The first-order valence-electron chi connectivity index (χ1n) is 11.6. The molecule has 0 unspecified atom stereocenters. The molecule has 1 N–H and O–H groups in total. The Labute approximate surface area is 195 Å². The first-order valence-corrected chi connectivity index (χ1v) is 11.6. The lowest BCUT2D eigenvalue weighted by Gasteiger charge is -2.33. The molecule has 0 amide bonds. The second-order valence-electron chi connectivity index (χ2n) is 8.85. The molecule has 0 saturated heterocycles. The molecule has 3 heteroatoms. The van der Waals surface area contributed by atoms with E-state index >= 15 is 0 Å². The van der Waals surface area contributed by atoms with Crippen LogP contribution in [0.4, 0.5) is 10.1 Å². The summed E-state index contributed by atoms with van der Waals surface area (Å²) in [4.78, 5) is 0. The van der Waals surface area contributed by atoms with Crippen molar-refractivity contribution in [3.05, 3.63) is 125 Å². The molecule has 0 bridgehead atoms. The van der Waals surface area contributed by atoms with Crippen molar-refractivity contribution in [3.8, 4) is 5.75 Å². The number of ether oxygens (including phenoxy) is 1. The van der Waals surface area contributed by atoms with Gasteiger partial charge in [-0.1, -0.05) is 61.4 Å². The Hall–Kier alpha value is -3.59. The lowest BCUT2D eigenvalue weighted by molar-refractivity contribution is 0.470. The van der Waals surface area contributed by atoms with Crippen LogP contribution in [0, 0.1) is 5.82 Å². The largest absolute Gasteiger partial charge is 0.463 e. The fourth-order valence-electron chi connectivity index (χ4n) is 5.22. The van der Waals surface area contributed by atoms with E-state index in [1.165, 1.54) is 41.7 Å². The summed E-state index contributed by atoms with van der Waals surface area (Å²) in [5.74, 6) is 0.572. The van der Waals surface area contributed by atoms with E-state index in [9.17, 15) is 4.39 Å². The maximum atomic E-state index is 13.5. The molecule has 0 radical (unpaired) electrons. The van der Waals surface area contributed by atoms with Crippen LogP contribution in [-0.2, 0) is 11.8 Å². The summed E-state index contributed by atoms with van der Waals surface area (Å²) in [6, 6.07) is 22.0. The predicted molar refractivity (Wildman–Crippen MR) is 134 cm³/mol. The number of halogens is 1. The van der Waals surface area contributed by atoms with Crippen LogP contribution in [0.2, 0.25) is 0 Å². The average molecular weight is 438 g/mol. The van der Waals surface area contributed by atoms with Crippen LogP contribution in [0.3, 0.4) is 0 Å². The highest BCUT2D eigenvalue weighted by atomic mass is 19.1. The molecule has 2 aliphatic rings. The number of rotatable bonds is 6. The van der Waals surface area contributed by atoms with Crippen molar-refractivity contribution in [3.63, 3.8) is 0 Å². The van der Waals surface area contributed by atoms with Gasteiger partial charge in [-0.2, -0.15) is 0 Å². The zero-order valence-electron chi connectivity index (χ0n) is 18.7. The first kappa shape index (κ1) is 21.3. The van der Waals surface area contributed by atoms with Gasteiger partial charge < -0.3 is 10.1 Å². The summed E-state index contributed by atoms with van der Waals surface area (Å²) >= 11 is 0. The minimum Gasteiger partial charge on any atom is -0.463 e. The fraction of sp³-hybridized carbons (Fsp3) is 0.200. The number of benzene rings is 3. The van der Waals surface area contributed by atoms with Crippen LogP contribution in [0.1, 0.15) is 47.9 Å². The minimum atomic E-state index is -0.240. The molecule has 1 aliphatic heterocycles. The number of allylic oxidation sites excluding steroid dienone is 2. The van der Waals surface area contributed by atoms with Gasteiger partial charge in [0.25, 0.3) is 0 Å². The van der Waals surface area contributed by atoms with Crippen LogP contribution in [0.15, 0.2) is 97.4 Å². The number of anilines is 1. The van der Waals surface area contributed by atoms with E-state index < -0.39 is 0 Å². The highest BCUT2D eigenvalue weighted by Crippen LogP contribution is 2.48. The van der Waals surface area contributed by atoms with Crippen molar-refractivity contribution in [1.29, 1.82) is 0 Å². The highest BCUT2D eigenvalue weighted by Gasteiger charge is 2.38. The molecule has 166 valence electrons. The Kier molecular flexibility index (Phi) is 5.87. The number of nitrogens with one attached hydrogen (secondary N) is 1. The summed E-state index contributed by atoms with van der Waals surface area (Å²) in [6.45, 7) is 3.98. The summed E-state index contributed by atoms with van der Waals surface area (Å²) < 4.78 is 19.6. The van der Waals surface area contributed by atoms with Gasteiger partial charge in [0.05, 0.1) is 5.70 Å². The molecular formula is C30H28FNO. The number of hydrogen-bond acceptors (Lipinski definition) is 2. The second-order valence-corrected chi connectivity index (χ2v) is 8.85. The first-order chi connectivity index (χ1) is 16.2. The number of fused-ring (bicyclic) bond motifs is 1. The summed E-state index contributed by atoms with van der Waals surface area (Å²) in [5.41, 5.74) is 6.56. The molecule has 3 aromatic rings. The third-order valence-corrected chi connectivity index (χ3v) is 6.80. The molecule has 1 heterocycles. The molecule has 3 aromatic carbocycles. The lowest BCUT2D eigenvalue weighted by atomic mass is 9.71. The normalized spacial score (nSPS) is 17.4. The van der Waals surface area contributed by atoms with Crippen LogP contribution in [-0.4, -0.2) is 0 Å². The molecular weight excluding hydrogens is 409 g/mol. The SMILES string of the molecule is C=CCc1ccc(OC=C2C=Cc3cc(F)ccc3N2)cc1C1(c2ccccc2)CCCC1. The van der Waals surface area contributed by atoms with Crippen LogP contribution >= 0.6 is 0 Å². The summed E-state index contributed by atoms with van der Waals surface area (Å²) in [5, 5.41) is 3.30. The van der Waals surface area contributed by atoms with E-state index in [1.54, 1.807) is 12.3 Å². The highest BCUT2D eigenvalue weighted by molar-refractivity contribution is 5.74. The van der Waals surface area contributed by atoms with Gasteiger partial charge in [-0.25, -0.2) is 4.39 Å². The van der Waals surface area contributed by atoms with E-state index in [0.717, 1.165) is 42.0 Å². The Morgan fingerprint density at radius 1 is 0.970 bits per heavy atom. The molecule has 0 spiro atoms. The lowest BCUT2D eigenvalue weighted by Crippen LogP contribution is -2.25. The molecule has 0 aromatic heterocycles. The zero-order valence-corrected chi connectivity index (χ0v) is 18.7. The summed E-state index contributed by atoms with van der Waals surface area (Å²) in [7, 11) is 0. The van der Waals surface area contributed by atoms with Crippen molar-refractivity contribution >= 4 is 11.8 Å². The van der Waals surface area contributed by atoms with Crippen LogP contribution in [0.25, 0.3) is 6.08 Å². The smallest absolute Gasteiger partial charge is 0.126 e. The van der Waals surface area contributed by atoms with Crippen molar-refractivity contribution in [2.75, 3.05) is 5.32 Å². The topological polar surface area (TPSA) is 21.3 Å². The van der Waals surface area contributed by atoms with Gasteiger partial charge in [-0.3, -0.25) is 0 Å². The van der Waals surface area contributed by atoms with Gasteiger partial charge in [0, 0.05) is 16.7 Å². The maximum absolute atomic E-state index is 13.5. The summed E-state index contributed by atoms with van der Waals surface area (Å²) in [6.07, 6.45) is 13.1. The Morgan fingerprint density at radius 3 is 2.58 bits per heavy atom. The van der Waals surface area contributed by atoms with E-state index in [-0.39, 0.29) is 11.2 Å². The Balaban J connectivity index is 1.47. The van der Waals surface area contributed by atoms with E-state index in [2.05, 4.69) is 54.4 Å². The van der Waals surface area contributed by atoms with Crippen molar-refractivity contribution in [2.45, 2.75) is 37.5 Å². The van der Waals surface area contributed by atoms with Crippen LogP contribution < -0.4 is 10.1 Å². The average Bonchev–Trinajstić information content (AvgIpc) is 3.35. The van der Waals surface area contributed by atoms with Crippen molar-refractivity contribution in [1.82, 2.24) is 0 Å². The van der Waals surface area contributed by atoms with Gasteiger partial charge >= 0.3 is 0 Å². The predicted octanol–water partition coefficient (Wildman–Crippen LogP) is 7.77. The van der Waals surface area contributed by atoms with Crippen LogP contribution in [0.5, 0.6) is 5.75 Å². The standard InChI is InChI=1S/C30H28FNO/c1-2-8-22-12-15-27(33-21-26-14-11-23-19-25(31)13-16-29(23)32-26)20-28(22)30(17-6-7-18-30)24-9-4-3-5-10-24/h2-5,9-16,19-21,32H,1,6-8,17-18H2. The van der Waals surface area contributed by atoms with E-state index in [0.29, 0.717) is 0 Å². The molecule has 5 rings (SSSR count). The minimum absolute atomic E-state index is 0.0120. The quantitative estimate of drug-likeness (QED) is 0.314. The third kappa shape index (κ3) is 4.23. The van der Waals surface area contributed by atoms with E-state index in [4.69, 9.17) is 4.74 Å². The monoisotopic (exact) mass is 437 g/mol. The van der Waals surface area contributed by atoms with E-state index in [1.807, 2.05) is 24.3 Å². The maximum Gasteiger partial charge on any atom is 0.126 e.